The summed E-state index contributed by atoms with van der Waals surface area (Å²) in [6.45, 7) is 1.08. The normalized spacial score (nSPS) is 17.8. The van der Waals surface area contributed by atoms with Crippen molar-refractivity contribution in [3.8, 4) is 0 Å². The minimum atomic E-state index is -3.73. The van der Waals surface area contributed by atoms with Crippen LogP contribution in [0.15, 0.2) is 146 Å². The van der Waals surface area contributed by atoms with Crippen LogP contribution in [0.1, 0.15) is 6.92 Å². The molecule has 0 bridgehead atoms. The molecule has 2 unspecified atom stereocenters. The third-order valence-electron chi connectivity index (χ3n) is 6.34. The molecule has 0 amide bonds. The molecule has 0 saturated heterocycles. The van der Waals surface area contributed by atoms with Crippen LogP contribution in [-0.2, 0) is 20.3 Å². The van der Waals surface area contributed by atoms with Crippen LogP contribution < -0.4 is 34.6 Å². The summed E-state index contributed by atoms with van der Waals surface area (Å²) in [7, 11) is -1.87. The van der Waals surface area contributed by atoms with Gasteiger partial charge in [-0.2, -0.15) is 0 Å². The van der Waals surface area contributed by atoms with Crippen LogP contribution in [0.25, 0.3) is 0 Å². The Bertz CT molecular complexity index is 1360. The van der Waals surface area contributed by atoms with Gasteiger partial charge in [-0.3, -0.25) is 4.79 Å². The molecule has 224 valence electrons. The molecule has 0 fully saturated rings. The van der Waals surface area contributed by atoms with E-state index in [9.17, 15) is 0 Å². The zero-order valence-corrected chi connectivity index (χ0v) is 26.8. The van der Waals surface area contributed by atoms with Crippen LogP contribution in [0.2, 0.25) is 0 Å². The molecule has 1 aliphatic rings. The van der Waals surface area contributed by atoms with Gasteiger partial charge in [0, 0.05) is 6.92 Å². The number of carboxylic acids is 1. The molecule has 4 aromatic carbocycles. The average molecular weight is 693 g/mol. The molecule has 11 N–H and O–H groups in total. The molecule has 4 aromatic rings. The van der Waals surface area contributed by atoms with Gasteiger partial charge in [-0.25, -0.2) is 0 Å². The van der Waals surface area contributed by atoms with Gasteiger partial charge in [0.15, 0.2) is 0 Å². The number of nitrogens with two attached hydrogens (primary N) is 3. The monoisotopic (exact) mass is 693 g/mol. The van der Waals surface area contributed by atoms with Gasteiger partial charge >= 0.3 is 221 Å². The molecule has 5 rings (SSSR count). The number of hydrogen-bond acceptors (Lipinski definition) is 4. The molecule has 0 aliphatic heterocycles. The van der Waals surface area contributed by atoms with Crippen molar-refractivity contribution >= 4 is 43.0 Å². The molecule has 0 spiro atoms. The Morgan fingerprint density at radius 3 is 1.33 bits per heavy atom. The van der Waals surface area contributed by atoms with E-state index in [1.54, 1.807) is 0 Å². The molecular weight excluding hydrogens is 653 g/mol. The zero-order valence-electron chi connectivity index (χ0n) is 23.3. The summed E-state index contributed by atoms with van der Waals surface area (Å²) in [5, 5.41) is 12.5. The van der Waals surface area contributed by atoms with Crippen molar-refractivity contribution in [2.45, 2.75) is 16.3 Å². The van der Waals surface area contributed by atoms with E-state index in [-0.39, 0.29) is 16.6 Å². The predicted octanol–water partition coefficient (Wildman–Crippen LogP) is 2.66. The number of hydrogen-bond donors (Lipinski definition) is 4. The van der Waals surface area contributed by atoms with Gasteiger partial charge in [-0.15, -0.1) is 0 Å². The summed E-state index contributed by atoms with van der Waals surface area (Å²) in [6.07, 6.45) is 8.87. The molecule has 0 radical (unpaired) electrons. The topological polar surface area (TPSA) is 178 Å². The Kier molecular flexibility index (Phi) is 13.5. The minimum absolute atomic E-state index is 0. The fourth-order valence-electron chi connectivity index (χ4n) is 4.82. The molecule has 0 aromatic heterocycles. The van der Waals surface area contributed by atoms with Gasteiger partial charge in [0.2, 0.25) is 0 Å². The summed E-state index contributed by atoms with van der Waals surface area (Å²) >= 11 is -3.73. The Morgan fingerprint density at radius 1 is 0.667 bits per heavy atom. The number of benzene rings is 4. The van der Waals surface area contributed by atoms with Crippen LogP contribution in [0, 0.1) is 0 Å². The number of carbonyl (C=O) groups is 1. The fourth-order valence-corrected chi connectivity index (χ4v) is 17.7. The van der Waals surface area contributed by atoms with E-state index in [0.717, 1.165) is 6.92 Å². The zero-order chi connectivity index (χ0) is 28.6. The molecule has 0 saturated carbocycles. The van der Waals surface area contributed by atoms with Gasteiger partial charge in [-0.1, -0.05) is 0 Å². The summed E-state index contributed by atoms with van der Waals surface area (Å²) in [5.74, 6) is -0.833. The number of rotatable bonds is 7. The van der Waals surface area contributed by atoms with Crippen LogP contribution in [0.3, 0.4) is 0 Å². The summed E-state index contributed by atoms with van der Waals surface area (Å²) in [4.78, 5) is 9.00. The van der Waals surface area contributed by atoms with E-state index in [1.807, 2.05) is 0 Å². The Labute approximate surface area is 253 Å². The van der Waals surface area contributed by atoms with Gasteiger partial charge in [0.1, 0.15) is 0 Å². The Morgan fingerprint density at radius 2 is 1.00 bits per heavy atom. The molecule has 0 heterocycles. The van der Waals surface area contributed by atoms with Crippen molar-refractivity contribution in [3.05, 3.63) is 146 Å². The van der Waals surface area contributed by atoms with Crippen LogP contribution >= 0.6 is 15.8 Å². The summed E-state index contributed by atoms with van der Waals surface area (Å²) < 4.78 is 20.6. The van der Waals surface area contributed by atoms with E-state index >= 15 is 0 Å². The van der Waals surface area contributed by atoms with E-state index in [2.05, 4.69) is 146 Å². The van der Waals surface area contributed by atoms with E-state index in [4.69, 9.17) is 23.3 Å². The molecule has 42 heavy (non-hydrogen) atoms. The molecular formula is C32H39N3O4P2Ru. The second-order valence-electron chi connectivity index (χ2n) is 9.12. The Hall–Kier alpha value is -2.89. The number of carboxylic acid groups (broad SMARTS) is 1. The van der Waals surface area contributed by atoms with Crippen molar-refractivity contribution in [2.24, 2.45) is 13.4 Å². The van der Waals surface area contributed by atoms with Crippen molar-refractivity contribution in [1.29, 1.82) is 0 Å². The van der Waals surface area contributed by atoms with Crippen LogP contribution in [0.5, 0.6) is 0 Å². The van der Waals surface area contributed by atoms with Crippen molar-refractivity contribution in [1.82, 2.24) is 0 Å². The van der Waals surface area contributed by atoms with Crippen LogP contribution in [0.4, 0.5) is 0 Å². The van der Waals surface area contributed by atoms with E-state index in [0.29, 0.717) is 0 Å². The first-order valence-corrected chi connectivity index (χ1v) is 19.3. The third-order valence-corrected chi connectivity index (χ3v) is 18.5. The second-order valence-corrected chi connectivity index (χ2v) is 19.2. The van der Waals surface area contributed by atoms with Gasteiger partial charge in [0.05, 0.1) is 0 Å². The maximum atomic E-state index is 9.00. The predicted molar refractivity (Wildman–Crippen MR) is 176 cm³/mol. The van der Waals surface area contributed by atoms with Crippen LogP contribution in [-0.4, -0.2) is 31.4 Å². The van der Waals surface area contributed by atoms with Crippen molar-refractivity contribution in [3.63, 3.8) is 0 Å². The SMILES string of the molecule is CC(=O)O.O.O.[NH2][Ru]([NH2])([NH2])[C]1(P(c2ccccc2)c2ccccc2)C=CC=CC1P(c1ccccc1)c1ccccc1. The first kappa shape index (κ1) is 35.3. The number of aliphatic carboxylic acids is 1. The van der Waals surface area contributed by atoms with Gasteiger partial charge < -0.3 is 16.1 Å². The maximum absolute atomic E-state index is 9.00. The number of allylic oxidation sites excluding steroid dienone is 4. The first-order valence-electron chi connectivity index (χ1n) is 12.6. The third kappa shape index (κ3) is 7.93. The molecule has 7 nitrogen and oxygen atoms in total. The fraction of sp³-hybridized carbons (Fsp3) is 0.0938. The first-order chi connectivity index (χ1) is 19.3. The molecule has 1 aliphatic carbocycles. The van der Waals surface area contributed by atoms with E-state index in [1.165, 1.54) is 21.2 Å². The quantitative estimate of drug-likeness (QED) is 0.172. The van der Waals surface area contributed by atoms with Crippen molar-refractivity contribution in [2.75, 3.05) is 0 Å². The average Bonchev–Trinajstić information content (AvgIpc) is 2.96. The summed E-state index contributed by atoms with van der Waals surface area (Å²) in [6, 6.07) is 42.9. The van der Waals surface area contributed by atoms with Gasteiger partial charge in [-0.05, 0) is 0 Å². The van der Waals surface area contributed by atoms with E-state index < -0.39 is 41.1 Å². The molecule has 10 heteroatoms. The van der Waals surface area contributed by atoms with Gasteiger partial charge in [0.25, 0.3) is 5.97 Å². The molecule has 2 atom stereocenters. The second kappa shape index (κ2) is 16.1. The van der Waals surface area contributed by atoms with Crippen molar-refractivity contribution < 1.29 is 36.3 Å². The summed E-state index contributed by atoms with van der Waals surface area (Å²) in [5.41, 5.74) is 0.0421. The standard InChI is InChI=1S/C30H25P2.C2H4O2.3H2N.2H2O.Ru/c1-5-15-25(16-6-1)31(26-17-7-2-8-18-26)29-23-13-14-24-30(29)32(27-19-9-3-10-20-27)28-21-11-4-12-22-28;1-2(3)4;;;;;;/h1-24,29H;1H3,(H,3,4);5*1H2;/q;;3*-1;;;+3. The Balaban J connectivity index is 0.000000967.